The van der Waals surface area contributed by atoms with Crippen molar-refractivity contribution in [3.05, 3.63) is 24.3 Å². The minimum absolute atomic E-state index is 0. The van der Waals surface area contributed by atoms with Gasteiger partial charge >= 0.3 is 0 Å². The predicted molar refractivity (Wildman–Crippen MR) is 77.0 cm³/mol. The van der Waals surface area contributed by atoms with E-state index in [9.17, 15) is 4.79 Å². The molecular weight excluding hydrogens is 268 g/mol. The van der Waals surface area contributed by atoms with E-state index in [1.54, 1.807) is 19.2 Å². The largest absolute Gasteiger partial charge is 0.497 e. The minimum Gasteiger partial charge on any atom is -0.497 e. The average Bonchev–Trinajstić information content (AvgIpc) is 2.41. The molecule has 0 aliphatic heterocycles. The highest BCUT2D eigenvalue weighted by atomic mass is 35.5. The third kappa shape index (κ3) is 7.54. The maximum absolute atomic E-state index is 11.4. The molecule has 5 nitrogen and oxygen atoms in total. The number of nitrogens with two attached hydrogens (primary N) is 1. The fraction of sp³-hybridized carbons (Fsp3) is 0.462. The number of hydrogen-bond donors (Lipinski definition) is 2. The molecule has 1 aromatic carbocycles. The van der Waals surface area contributed by atoms with Crippen LogP contribution >= 0.6 is 12.4 Å². The van der Waals surface area contributed by atoms with Crippen molar-refractivity contribution in [1.82, 2.24) is 5.32 Å². The molecule has 0 spiro atoms. The quantitative estimate of drug-likeness (QED) is 0.708. The van der Waals surface area contributed by atoms with Gasteiger partial charge in [-0.05, 0) is 31.5 Å². The first kappa shape index (κ1) is 17.5. The van der Waals surface area contributed by atoms with E-state index in [0.29, 0.717) is 24.6 Å². The second-order valence-corrected chi connectivity index (χ2v) is 3.81. The van der Waals surface area contributed by atoms with Crippen LogP contribution in [0.1, 0.15) is 12.8 Å². The lowest BCUT2D eigenvalue weighted by Gasteiger charge is -2.08. The van der Waals surface area contributed by atoms with Crippen LogP contribution in [0, 0.1) is 0 Å². The van der Waals surface area contributed by atoms with Gasteiger partial charge in [0.15, 0.2) is 6.61 Å². The van der Waals surface area contributed by atoms with E-state index in [1.165, 1.54) is 0 Å². The average molecular weight is 289 g/mol. The van der Waals surface area contributed by atoms with Gasteiger partial charge in [-0.1, -0.05) is 6.07 Å². The Hall–Kier alpha value is -1.46. The lowest BCUT2D eigenvalue weighted by Crippen LogP contribution is -2.29. The predicted octanol–water partition coefficient (Wildman–Crippen LogP) is 1.35. The number of hydrogen-bond acceptors (Lipinski definition) is 4. The first-order valence-electron chi connectivity index (χ1n) is 6.00. The van der Waals surface area contributed by atoms with Crippen molar-refractivity contribution in [3.63, 3.8) is 0 Å². The summed E-state index contributed by atoms with van der Waals surface area (Å²) in [4.78, 5) is 11.4. The third-order valence-electron chi connectivity index (χ3n) is 2.36. The Kier molecular flexibility index (Phi) is 9.66. The normalized spacial score (nSPS) is 9.37. The monoisotopic (exact) mass is 288 g/mol. The number of carbonyl (C=O) groups is 1. The van der Waals surface area contributed by atoms with Crippen molar-refractivity contribution in [2.24, 2.45) is 5.73 Å². The van der Waals surface area contributed by atoms with Crippen LogP contribution in [0.3, 0.4) is 0 Å². The highest BCUT2D eigenvalue weighted by Crippen LogP contribution is 2.18. The van der Waals surface area contributed by atoms with Gasteiger partial charge in [0.1, 0.15) is 11.5 Å². The summed E-state index contributed by atoms with van der Waals surface area (Å²) in [6.45, 7) is 1.30. The highest BCUT2D eigenvalue weighted by molar-refractivity contribution is 5.85. The SMILES string of the molecule is COc1cccc(OCC(=O)NCCCCN)c1.Cl. The minimum atomic E-state index is -0.130. The summed E-state index contributed by atoms with van der Waals surface area (Å²) < 4.78 is 10.4. The molecule has 19 heavy (non-hydrogen) atoms. The van der Waals surface area contributed by atoms with E-state index in [-0.39, 0.29) is 24.9 Å². The summed E-state index contributed by atoms with van der Waals surface area (Å²) in [5.41, 5.74) is 5.36. The maximum Gasteiger partial charge on any atom is 0.257 e. The maximum atomic E-state index is 11.4. The van der Waals surface area contributed by atoms with Crippen LogP contribution in [0.4, 0.5) is 0 Å². The van der Waals surface area contributed by atoms with Crippen molar-refractivity contribution in [2.45, 2.75) is 12.8 Å². The second-order valence-electron chi connectivity index (χ2n) is 3.81. The van der Waals surface area contributed by atoms with E-state index < -0.39 is 0 Å². The molecule has 3 N–H and O–H groups in total. The van der Waals surface area contributed by atoms with Gasteiger partial charge in [0.2, 0.25) is 0 Å². The number of halogens is 1. The fourth-order valence-electron chi connectivity index (χ4n) is 1.39. The number of unbranched alkanes of at least 4 members (excludes halogenated alkanes) is 1. The number of carbonyl (C=O) groups excluding carboxylic acids is 1. The number of benzene rings is 1. The first-order valence-corrected chi connectivity index (χ1v) is 6.00. The molecule has 0 saturated carbocycles. The Labute approximate surface area is 119 Å². The molecule has 1 aromatic rings. The van der Waals surface area contributed by atoms with Gasteiger partial charge in [0.25, 0.3) is 5.91 Å². The van der Waals surface area contributed by atoms with Crippen molar-refractivity contribution in [2.75, 3.05) is 26.8 Å². The van der Waals surface area contributed by atoms with Gasteiger partial charge in [-0.3, -0.25) is 4.79 Å². The number of amides is 1. The Balaban J connectivity index is 0.00000324. The molecule has 0 aromatic heterocycles. The van der Waals surface area contributed by atoms with Crippen molar-refractivity contribution in [1.29, 1.82) is 0 Å². The van der Waals surface area contributed by atoms with E-state index in [0.717, 1.165) is 12.8 Å². The summed E-state index contributed by atoms with van der Waals surface area (Å²) in [5, 5.41) is 2.77. The Morgan fingerprint density at radius 1 is 1.32 bits per heavy atom. The molecule has 108 valence electrons. The molecule has 0 unspecified atom stereocenters. The molecule has 0 fully saturated rings. The smallest absolute Gasteiger partial charge is 0.257 e. The van der Waals surface area contributed by atoms with Crippen LogP contribution in [0.5, 0.6) is 11.5 Å². The Morgan fingerprint density at radius 3 is 2.74 bits per heavy atom. The molecule has 0 aliphatic carbocycles. The van der Waals surface area contributed by atoms with Gasteiger partial charge in [-0.25, -0.2) is 0 Å². The van der Waals surface area contributed by atoms with Crippen LogP contribution in [0.15, 0.2) is 24.3 Å². The van der Waals surface area contributed by atoms with Crippen LogP contribution in [-0.2, 0) is 4.79 Å². The van der Waals surface area contributed by atoms with Crippen molar-refractivity contribution in [3.8, 4) is 11.5 Å². The molecule has 1 amide bonds. The molecule has 1 rings (SSSR count). The Morgan fingerprint density at radius 2 is 2.05 bits per heavy atom. The lowest BCUT2D eigenvalue weighted by molar-refractivity contribution is -0.123. The van der Waals surface area contributed by atoms with E-state index in [4.69, 9.17) is 15.2 Å². The lowest BCUT2D eigenvalue weighted by atomic mass is 10.3. The number of nitrogens with one attached hydrogen (secondary N) is 1. The molecule has 0 bridgehead atoms. The zero-order valence-electron chi connectivity index (χ0n) is 11.1. The van der Waals surface area contributed by atoms with E-state index in [1.807, 2.05) is 12.1 Å². The van der Waals surface area contributed by atoms with E-state index in [2.05, 4.69) is 5.32 Å². The molecule has 0 aliphatic rings. The fourth-order valence-corrected chi connectivity index (χ4v) is 1.39. The zero-order chi connectivity index (χ0) is 13.2. The summed E-state index contributed by atoms with van der Waals surface area (Å²) in [7, 11) is 1.59. The number of methoxy groups -OCH3 is 1. The molecule has 0 heterocycles. The number of rotatable bonds is 8. The third-order valence-corrected chi connectivity index (χ3v) is 2.36. The molecular formula is C13H21ClN2O3. The van der Waals surface area contributed by atoms with Gasteiger partial charge in [-0.2, -0.15) is 0 Å². The number of ether oxygens (including phenoxy) is 2. The highest BCUT2D eigenvalue weighted by Gasteiger charge is 2.02. The summed E-state index contributed by atoms with van der Waals surface area (Å²) in [6, 6.07) is 7.15. The van der Waals surface area contributed by atoms with E-state index >= 15 is 0 Å². The van der Waals surface area contributed by atoms with Crippen molar-refractivity contribution < 1.29 is 14.3 Å². The first-order chi connectivity index (χ1) is 8.76. The molecule has 6 heteroatoms. The summed E-state index contributed by atoms with van der Waals surface area (Å²) in [6.07, 6.45) is 1.80. The second kappa shape index (κ2) is 10.5. The van der Waals surface area contributed by atoms with Crippen LogP contribution in [-0.4, -0.2) is 32.7 Å². The van der Waals surface area contributed by atoms with Gasteiger partial charge < -0.3 is 20.5 Å². The standard InChI is InChI=1S/C13H20N2O3.ClH/c1-17-11-5-4-6-12(9-11)18-10-13(16)15-8-3-2-7-14;/h4-6,9H,2-3,7-8,10,14H2,1H3,(H,15,16);1H. The molecule has 0 atom stereocenters. The van der Waals surface area contributed by atoms with Gasteiger partial charge in [-0.15, -0.1) is 12.4 Å². The molecule has 0 radical (unpaired) electrons. The summed E-state index contributed by atoms with van der Waals surface area (Å²) >= 11 is 0. The Bertz CT molecular complexity index is 375. The van der Waals surface area contributed by atoms with Crippen LogP contribution in [0.2, 0.25) is 0 Å². The van der Waals surface area contributed by atoms with Crippen LogP contribution in [0.25, 0.3) is 0 Å². The van der Waals surface area contributed by atoms with Gasteiger partial charge in [0, 0.05) is 12.6 Å². The topological polar surface area (TPSA) is 73.6 Å². The molecule has 0 saturated heterocycles. The van der Waals surface area contributed by atoms with Crippen molar-refractivity contribution >= 4 is 18.3 Å². The summed E-state index contributed by atoms with van der Waals surface area (Å²) in [5.74, 6) is 1.19. The zero-order valence-corrected chi connectivity index (χ0v) is 11.9. The van der Waals surface area contributed by atoms with Crippen LogP contribution < -0.4 is 20.5 Å². The van der Waals surface area contributed by atoms with Gasteiger partial charge in [0.05, 0.1) is 7.11 Å².